The summed E-state index contributed by atoms with van der Waals surface area (Å²) in [5.41, 5.74) is 1.81. The molecular weight excluding hydrogens is 470 g/mol. The highest BCUT2D eigenvalue weighted by Crippen LogP contribution is 2.29. The molecule has 168 valence electrons. The van der Waals surface area contributed by atoms with Gasteiger partial charge in [-0.15, -0.1) is 11.3 Å². The third-order valence-corrected chi connectivity index (χ3v) is 8.37. The molecule has 0 unspecified atom stereocenters. The lowest BCUT2D eigenvalue weighted by molar-refractivity contribution is 0.102. The van der Waals surface area contributed by atoms with Crippen LogP contribution in [0.3, 0.4) is 0 Å². The molecule has 2 aromatic carbocycles. The van der Waals surface area contributed by atoms with Crippen molar-refractivity contribution in [2.45, 2.75) is 24.2 Å². The van der Waals surface area contributed by atoms with E-state index in [4.69, 9.17) is 16.3 Å². The number of piperidine rings is 1. The number of thiazole rings is 1. The third kappa shape index (κ3) is 4.80. The second-order valence-electron chi connectivity index (χ2n) is 7.33. The van der Waals surface area contributed by atoms with Gasteiger partial charge in [0.25, 0.3) is 5.91 Å². The molecule has 0 bridgehead atoms. The Morgan fingerprint density at radius 3 is 2.53 bits per heavy atom. The number of rotatable bonds is 6. The second-order valence-corrected chi connectivity index (χ2v) is 10.5. The maximum absolute atomic E-state index is 13.0. The van der Waals surface area contributed by atoms with Gasteiger partial charge in [0.15, 0.2) is 5.13 Å². The predicted octanol–water partition coefficient (Wildman–Crippen LogP) is 4.90. The summed E-state index contributed by atoms with van der Waals surface area (Å²) in [6.07, 6.45) is 2.64. The van der Waals surface area contributed by atoms with Gasteiger partial charge in [0.05, 0.1) is 17.8 Å². The Bertz CT molecular complexity index is 1220. The summed E-state index contributed by atoms with van der Waals surface area (Å²) in [6, 6.07) is 11.7. The van der Waals surface area contributed by atoms with Gasteiger partial charge in [-0.3, -0.25) is 10.1 Å². The van der Waals surface area contributed by atoms with Crippen LogP contribution in [0.5, 0.6) is 5.75 Å². The molecule has 2 heterocycles. The van der Waals surface area contributed by atoms with Gasteiger partial charge in [-0.05, 0) is 55.3 Å². The average molecular weight is 492 g/mol. The SMILES string of the molecule is COc1ccc(-c2csc(NC(=O)c3ccc(Cl)c(S(=O)(=O)N4CCCCC4)c3)n2)cc1. The Morgan fingerprint density at radius 1 is 1.12 bits per heavy atom. The van der Waals surface area contributed by atoms with Crippen molar-refractivity contribution in [1.29, 1.82) is 0 Å². The second kappa shape index (κ2) is 9.58. The van der Waals surface area contributed by atoms with Gasteiger partial charge in [0, 0.05) is 29.6 Å². The highest BCUT2D eigenvalue weighted by atomic mass is 35.5. The summed E-state index contributed by atoms with van der Waals surface area (Å²) in [5.74, 6) is 0.294. The van der Waals surface area contributed by atoms with Gasteiger partial charge in [-0.1, -0.05) is 18.0 Å². The number of sulfonamides is 1. The molecule has 1 N–H and O–H groups in total. The van der Waals surface area contributed by atoms with Gasteiger partial charge >= 0.3 is 0 Å². The number of hydrogen-bond acceptors (Lipinski definition) is 6. The number of nitrogens with zero attached hydrogens (tertiary/aromatic N) is 2. The highest BCUT2D eigenvalue weighted by Gasteiger charge is 2.28. The van der Waals surface area contributed by atoms with Crippen LogP contribution in [0.2, 0.25) is 5.02 Å². The van der Waals surface area contributed by atoms with Gasteiger partial charge in [0.1, 0.15) is 10.6 Å². The molecule has 1 saturated heterocycles. The van der Waals surface area contributed by atoms with Gasteiger partial charge in [0.2, 0.25) is 10.0 Å². The van der Waals surface area contributed by atoms with E-state index in [9.17, 15) is 13.2 Å². The fourth-order valence-electron chi connectivity index (χ4n) is 3.48. The highest BCUT2D eigenvalue weighted by molar-refractivity contribution is 7.89. The summed E-state index contributed by atoms with van der Waals surface area (Å²) < 4.78 is 32.7. The largest absolute Gasteiger partial charge is 0.497 e. The summed E-state index contributed by atoms with van der Waals surface area (Å²) >= 11 is 7.49. The monoisotopic (exact) mass is 491 g/mol. The first-order chi connectivity index (χ1) is 15.4. The van der Waals surface area contributed by atoms with E-state index in [1.54, 1.807) is 7.11 Å². The molecule has 1 amide bonds. The first kappa shape index (κ1) is 22.7. The normalized spacial score (nSPS) is 14.8. The van der Waals surface area contributed by atoms with Crippen LogP contribution in [-0.2, 0) is 10.0 Å². The van der Waals surface area contributed by atoms with Crippen molar-refractivity contribution in [2.75, 3.05) is 25.5 Å². The van der Waals surface area contributed by atoms with Gasteiger partial charge in [-0.2, -0.15) is 4.31 Å². The van der Waals surface area contributed by atoms with Crippen LogP contribution in [-0.4, -0.2) is 43.8 Å². The zero-order valence-electron chi connectivity index (χ0n) is 17.4. The number of amides is 1. The summed E-state index contributed by atoms with van der Waals surface area (Å²) in [5, 5.41) is 5.09. The number of halogens is 1. The molecule has 0 atom stereocenters. The number of ether oxygens (including phenoxy) is 1. The number of methoxy groups -OCH3 is 1. The maximum Gasteiger partial charge on any atom is 0.257 e. The smallest absolute Gasteiger partial charge is 0.257 e. The van der Waals surface area contributed by atoms with E-state index in [0.29, 0.717) is 18.2 Å². The Kier molecular flexibility index (Phi) is 6.80. The molecule has 1 aliphatic rings. The van der Waals surface area contributed by atoms with Gasteiger partial charge < -0.3 is 4.74 Å². The Labute approximate surface area is 196 Å². The van der Waals surface area contributed by atoms with Crippen molar-refractivity contribution in [1.82, 2.24) is 9.29 Å². The molecule has 0 saturated carbocycles. The van der Waals surface area contributed by atoms with Crippen molar-refractivity contribution in [3.63, 3.8) is 0 Å². The fraction of sp³-hybridized carbons (Fsp3) is 0.273. The van der Waals surface area contributed by atoms with E-state index in [-0.39, 0.29) is 15.5 Å². The van der Waals surface area contributed by atoms with E-state index >= 15 is 0 Å². The lowest BCUT2D eigenvalue weighted by atomic mass is 10.2. The summed E-state index contributed by atoms with van der Waals surface area (Å²) in [7, 11) is -2.16. The van der Waals surface area contributed by atoms with E-state index in [1.807, 2.05) is 29.6 Å². The molecular formula is C22H22ClN3O4S2. The van der Waals surface area contributed by atoms with Crippen LogP contribution in [0.1, 0.15) is 29.6 Å². The molecule has 7 nitrogen and oxygen atoms in total. The first-order valence-electron chi connectivity index (χ1n) is 10.1. The average Bonchev–Trinajstić information content (AvgIpc) is 3.28. The lowest BCUT2D eigenvalue weighted by Gasteiger charge is -2.26. The van der Waals surface area contributed by atoms with Crippen LogP contribution < -0.4 is 10.1 Å². The standard InChI is InChI=1S/C22H22ClN3O4S2/c1-30-17-8-5-15(6-9-17)19-14-31-22(24-19)25-21(27)16-7-10-18(23)20(13-16)32(28,29)26-11-3-2-4-12-26/h5-10,13-14H,2-4,11-12H2,1H3,(H,24,25,27). The number of anilines is 1. The van der Waals surface area contributed by atoms with Crippen molar-refractivity contribution in [3.05, 3.63) is 58.4 Å². The number of benzene rings is 2. The molecule has 0 spiro atoms. The number of hydrogen-bond donors (Lipinski definition) is 1. The van der Waals surface area contributed by atoms with Crippen LogP contribution in [0, 0.1) is 0 Å². The van der Waals surface area contributed by atoms with Gasteiger partial charge in [-0.25, -0.2) is 13.4 Å². The Hall–Kier alpha value is -2.46. The molecule has 0 aliphatic carbocycles. The minimum Gasteiger partial charge on any atom is -0.497 e. The zero-order valence-corrected chi connectivity index (χ0v) is 19.8. The predicted molar refractivity (Wildman–Crippen MR) is 126 cm³/mol. The van der Waals surface area contributed by atoms with Crippen molar-refractivity contribution >= 4 is 44.0 Å². The molecule has 1 fully saturated rings. The molecule has 32 heavy (non-hydrogen) atoms. The fourth-order valence-corrected chi connectivity index (χ4v) is 6.21. The zero-order chi connectivity index (χ0) is 22.7. The topological polar surface area (TPSA) is 88.6 Å². The van der Waals surface area contributed by atoms with Crippen molar-refractivity contribution in [2.24, 2.45) is 0 Å². The quantitative estimate of drug-likeness (QED) is 0.529. The summed E-state index contributed by atoms with van der Waals surface area (Å²) in [4.78, 5) is 17.2. The molecule has 10 heteroatoms. The molecule has 1 aliphatic heterocycles. The maximum atomic E-state index is 13.0. The van der Waals surface area contributed by atoms with Crippen LogP contribution in [0.4, 0.5) is 5.13 Å². The number of carbonyl (C=O) groups excluding carboxylic acids is 1. The van der Waals surface area contributed by atoms with Crippen LogP contribution in [0.15, 0.2) is 52.7 Å². The van der Waals surface area contributed by atoms with Crippen LogP contribution in [0.25, 0.3) is 11.3 Å². The van der Waals surface area contributed by atoms with E-state index in [2.05, 4.69) is 10.3 Å². The Balaban J connectivity index is 1.53. The first-order valence-corrected chi connectivity index (χ1v) is 12.8. The minimum atomic E-state index is -3.76. The Morgan fingerprint density at radius 2 is 1.84 bits per heavy atom. The summed E-state index contributed by atoms with van der Waals surface area (Å²) in [6.45, 7) is 0.921. The molecule has 4 rings (SSSR count). The molecule has 3 aromatic rings. The number of carbonyl (C=O) groups is 1. The lowest BCUT2D eigenvalue weighted by Crippen LogP contribution is -2.35. The van der Waals surface area contributed by atoms with E-state index < -0.39 is 15.9 Å². The third-order valence-electron chi connectivity index (χ3n) is 5.24. The van der Waals surface area contributed by atoms with Crippen molar-refractivity contribution < 1.29 is 17.9 Å². The number of nitrogens with one attached hydrogen (secondary N) is 1. The molecule has 1 aromatic heterocycles. The minimum absolute atomic E-state index is 0.0493. The van der Waals surface area contributed by atoms with E-state index in [0.717, 1.165) is 36.3 Å². The molecule has 0 radical (unpaired) electrons. The van der Waals surface area contributed by atoms with E-state index in [1.165, 1.54) is 33.8 Å². The van der Waals surface area contributed by atoms with Crippen LogP contribution >= 0.6 is 22.9 Å². The van der Waals surface area contributed by atoms with Crippen molar-refractivity contribution in [3.8, 4) is 17.0 Å². The number of aromatic nitrogens is 1.